The van der Waals surface area contributed by atoms with Crippen molar-refractivity contribution in [1.29, 1.82) is 0 Å². The van der Waals surface area contributed by atoms with Crippen molar-refractivity contribution in [2.24, 2.45) is 0 Å². The summed E-state index contributed by atoms with van der Waals surface area (Å²) in [5, 5.41) is 9.85. The van der Waals surface area contributed by atoms with Gasteiger partial charge in [0, 0.05) is 6.54 Å². The van der Waals surface area contributed by atoms with Crippen LogP contribution in [0.2, 0.25) is 0 Å². The van der Waals surface area contributed by atoms with Crippen LogP contribution in [0.15, 0.2) is 12.2 Å². The van der Waals surface area contributed by atoms with E-state index in [-0.39, 0.29) is 6.10 Å². The van der Waals surface area contributed by atoms with E-state index in [1.807, 2.05) is 6.08 Å². The monoisotopic (exact) mass is 353 g/mol. The van der Waals surface area contributed by atoms with Crippen LogP contribution in [0.3, 0.4) is 0 Å². The fourth-order valence-corrected chi connectivity index (χ4v) is 3.28. The standard InChI is InChI=1S/C23H47NO/c1-4-7-9-11-13-15-20-24(21-16-14-12-10-8-5-2)22-17-19-23(25)18-6-3/h17,19,23,25H,4-16,18,20-22H2,1-3H3. The molecule has 0 heterocycles. The molecule has 0 rings (SSSR count). The Balaban J connectivity index is 3.99. The summed E-state index contributed by atoms with van der Waals surface area (Å²) in [4.78, 5) is 2.59. The van der Waals surface area contributed by atoms with Gasteiger partial charge in [-0.2, -0.15) is 0 Å². The summed E-state index contributed by atoms with van der Waals surface area (Å²) in [6.07, 6.45) is 22.3. The van der Waals surface area contributed by atoms with Gasteiger partial charge in [-0.25, -0.2) is 0 Å². The molecule has 0 fully saturated rings. The van der Waals surface area contributed by atoms with Crippen molar-refractivity contribution < 1.29 is 5.11 Å². The summed E-state index contributed by atoms with van der Waals surface area (Å²) in [6.45, 7) is 10.1. The highest BCUT2D eigenvalue weighted by Crippen LogP contribution is 2.09. The van der Waals surface area contributed by atoms with Crippen LogP contribution in [0.1, 0.15) is 111 Å². The minimum absolute atomic E-state index is 0.255. The lowest BCUT2D eigenvalue weighted by Gasteiger charge is -2.21. The Morgan fingerprint density at radius 1 is 0.680 bits per heavy atom. The van der Waals surface area contributed by atoms with Gasteiger partial charge in [-0.3, -0.25) is 4.90 Å². The largest absolute Gasteiger partial charge is 0.389 e. The van der Waals surface area contributed by atoms with E-state index >= 15 is 0 Å². The molecule has 0 spiro atoms. The van der Waals surface area contributed by atoms with E-state index in [1.165, 1.54) is 90.1 Å². The number of hydrogen-bond donors (Lipinski definition) is 1. The third kappa shape index (κ3) is 18.3. The molecule has 0 amide bonds. The number of aliphatic hydroxyl groups excluding tert-OH is 1. The van der Waals surface area contributed by atoms with Crippen molar-refractivity contribution in [1.82, 2.24) is 4.90 Å². The lowest BCUT2D eigenvalue weighted by molar-refractivity contribution is 0.210. The lowest BCUT2D eigenvalue weighted by atomic mass is 10.1. The second kappa shape index (κ2) is 20.0. The Hall–Kier alpha value is -0.340. The molecule has 2 nitrogen and oxygen atoms in total. The molecule has 0 aliphatic heterocycles. The summed E-state index contributed by atoms with van der Waals surface area (Å²) < 4.78 is 0. The van der Waals surface area contributed by atoms with Crippen LogP contribution in [0.4, 0.5) is 0 Å². The third-order valence-electron chi connectivity index (χ3n) is 4.96. The maximum atomic E-state index is 9.85. The van der Waals surface area contributed by atoms with E-state index in [2.05, 4.69) is 31.7 Å². The molecule has 1 unspecified atom stereocenters. The molecule has 2 heteroatoms. The summed E-state index contributed by atoms with van der Waals surface area (Å²) in [6, 6.07) is 0. The highest BCUT2D eigenvalue weighted by molar-refractivity contribution is 4.90. The minimum Gasteiger partial charge on any atom is -0.389 e. The maximum Gasteiger partial charge on any atom is 0.0721 e. The van der Waals surface area contributed by atoms with Crippen molar-refractivity contribution in [3.05, 3.63) is 12.2 Å². The minimum atomic E-state index is -0.255. The van der Waals surface area contributed by atoms with Crippen molar-refractivity contribution in [3.8, 4) is 0 Å². The van der Waals surface area contributed by atoms with Crippen LogP contribution >= 0.6 is 0 Å². The number of hydrogen-bond acceptors (Lipinski definition) is 2. The fourth-order valence-electron chi connectivity index (χ4n) is 3.28. The molecule has 0 radical (unpaired) electrons. The number of aliphatic hydroxyl groups is 1. The Morgan fingerprint density at radius 2 is 1.16 bits per heavy atom. The number of nitrogens with zero attached hydrogens (tertiary/aromatic N) is 1. The van der Waals surface area contributed by atoms with E-state index < -0.39 is 0 Å². The average Bonchev–Trinajstić information content (AvgIpc) is 2.60. The first-order chi connectivity index (χ1) is 12.2. The van der Waals surface area contributed by atoms with E-state index in [4.69, 9.17) is 0 Å². The zero-order chi connectivity index (χ0) is 18.6. The number of rotatable bonds is 19. The highest BCUT2D eigenvalue weighted by atomic mass is 16.3. The Kier molecular flexibility index (Phi) is 19.7. The molecule has 0 saturated carbocycles. The van der Waals surface area contributed by atoms with Gasteiger partial charge in [0.2, 0.25) is 0 Å². The average molecular weight is 354 g/mol. The van der Waals surface area contributed by atoms with E-state index in [1.54, 1.807) is 0 Å². The van der Waals surface area contributed by atoms with E-state index in [9.17, 15) is 5.11 Å². The molecule has 1 atom stereocenters. The first-order valence-electron chi connectivity index (χ1n) is 11.3. The third-order valence-corrected chi connectivity index (χ3v) is 4.96. The first kappa shape index (κ1) is 24.7. The first-order valence-corrected chi connectivity index (χ1v) is 11.3. The topological polar surface area (TPSA) is 23.5 Å². The van der Waals surface area contributed by atoms with Crippen molar-refractivity contribution >= 4 is 0 Å². The zero-order valence-electron chi connectivity index (χ0n) is 17.6. The molecule has 0 saturated heterocycles. The lowest BCUT2D eigenvalue weighted by Crippen LogP contribution is -2.26. The smallest absolute Gasteiger partial charge is 0.0721 e. The fraction of sp³-hybridized carbons (Fsp3) is 0.913. The summed E-state index contributed by atoms with van der Waals surface area (Å²) in [5.74, 6) is 0. The van der Waals surface area contributed by atoms with Gasteiger partial charge < -0.3 is 5.11 Å². The summed E-state index contributed by atoms with van der Waals surface area (Å²) in [7, 11) is 0. The van der Waals surface area contributed by atoms with Crippen molar-refractivity contribution in [3.63, 3.8) is 0 Å². The molecular weight excluding hydrogens is 306 g/mol. The highest BCUT2D eigenvalue weighted by Gasteiger charge is 2.04. The van der Waals surface area contributed by atoms with Crippen LogP contribution < -0.4 is 0 Å². The molecule has 0 aromatic rings. The molecule has 0 aliphatic rings. The van der Waals surface area contributed by atoms with Crippen LogP contribution in [0.25, 0.3) is 0 Å². The predicted octanol–water partition coefficient (Wildman–Crippen LogP) is 6.73. The molecule has 0 aromatic heterocycles. The van der Waals surface area contributed by atoms with Gasteiger partial charge in [-0.15, -0.1) is 0 Å². The molecule has 150 valence electrons. The van der Waals surface area contributed by atoms with Crippen LogP contribution in [-0.2, 0) is 0 Å². The molecule has 0 bridgehead atoms. The predicted molar refractivity (Wildman–Crippen MR) is 113 cm³/mol. The van der Waals surface area contributed by atoms with Crippen LogP contribution in [-0.4, -0.2) is 35.7 Å². The second-order valence-corrected chi connectivity index (χ2v) is 7.62. The Morgan fingerprint density at radius 3 is 1.64 bits per heavy atom. The summed E-state index contributed by atoms with van der Waals surface area (Å²) >= 11 is 0. The molecule has 0 aliphatic carbocycles. The van der Waals surface area contributed by atoms with Gasteiger partial charge in [0.1, 0.15) is 0 Å². The Bertz CT molecular complexity index is 261. The van der Waals surface area contributed by atoms with Gasteiger partial charge in [0.15, 0.2) is 0 Å². The molecule has 0 aromatic carbocycles. The molecule has 1 N–H and O–H groups in total. The quantitative estimate of drug-likeness (QED) is 0.206. The van der Waals surface area contributed by atoms with Gasteiger partial charge in [-0.05, 0) is 32.4 Å². The van der Waals surface area contributed by atoms with Crippen molar-refractivity contribution in [2.75, 3.05) is 19.6 Å². The second-order valence-electron chi connectivity index (χ2n) is 7.62. The van der Waals surface area contributed by atoms with Crippen LogP contribution in [0, 0.1) is 0 Å². The molecule has 25 heavy (non-hydrogen) atoms. The van der Waals surface area contributed by atoms with Crippen molar-refractivity contribution in [2.45, 2.75) is 117 Å². The maximum absolute atomic E-state index is 9.85. The molecular formula is C23H47NO. The number of unbranched alkanes of at least 4 members (excludes halogenated alkanes) is 10. The van der Waals surface area contributed by atoms with E-state index in [0.717, 1.165) is 19.4 Å². The van der Waals surface area contributed by atoms with Gasteiger partial charge in [0.25, 0.3) is 0 Å². The van der Waals surface area contributed by atoms with Gasteiger partial charge in [0.05, 0.1) is 6.10 Å². The van der Waals surface area contributed by atoms with Gasteiger partial charge in [-0.1, -0.05) is 104 Å². The Labute approximate surface area is 159 Å². The zero-order valence-corrected chi connectivity index (χ0v) is 17.6. The normalized spacial score (nSPS) is 13.2. The summed E-state index contributed by atoms with van der Waals surface area (Å²) in [5.41, 5.74) is 0. The van der Waals surface area contributed by atoms with E-state index in [0.29, 0.717) is 0 Å². The van der Waals surface area contributed by atoms with Crippen LogP contribution in [0.5, 0.6) is 0 Å². The van der Waals surface area contributed by atoms with Gasteiger partial charge >= 0.3 is 0 Å². The SMILES string of the molecule is CCCCCCCCN(CC=CC(O)CCC)CCCCCCCC.